The molecule has 1 aliphatic carbocycles. The van der Waals surface area contributed by atoms with Crippen LogP contribution in [0.15, 0.2) is 36.4 Å². The van der Waals surface area contributed by atoms with Crippen molar-refractivity contribution in [1.82, 2.24) is 0 Å². The molecule has 102 valence electrons. The third kappa shape index (κ3) is 4.25. The van der Waals surface area contributed by atoms with Crippen molar-refractivity contribution in [2.24, 2.45) is 11.8 Å². The molecule has 2 rings (SSSR count). The summed E-state index contributed by atoms with van der Waals surface area (Å²) in [6, 6.07) is 12.2. The lowest BCUT2D eigenvalue weighted by Crippen LogP contribution is -2.13. The van der Waals surface area contributed by atoms with Gasteiger partial charge in [0.05, 0.1) is 17.7 Å². The topological polar surface area (TPSA) is 47.6 Å². The van der Waals surface area contributed by atoms with Crippen molar-refractivity contribution in [2.75, 3.05) is 0 Å². The third-order valence-corrected chi connectivity index (χ3v) is 4.26. The van der Waals surface area contributed by atoms with Gasteiger partial charge in [0.25, 0.3) is 0 Å². The Hall–Kier alpha value is -2.06. The molecule has 1 aliphatic rings. The number of hydrogen-bond donors (Lipinski definition) is 0. The first-order valence-electron chi connectivity index (χ1n) is 7.37. The number of rotatable bonds is 4. The van der Waals surface area contributed by atoms with Crippen molar-refractivity contribution in [3.63, 3.8) is 0 Å². The first kappa shape index (κ1) is 14.4. The maximum Gasteiger partial charge on any atom is 0.0991 e. The fourth-order valence-electron chi connectivity index (χ4n) is 2.97. The summed E-state index contributed by atoms with van der Waals surface area (Å²) in [6.07, 6.45) is 11.0. The standard InChI is InChI=1S/C18H20N2/c19-13-1-2-15-3-5-16(6-4-15)7-8-17-9-11-18(14-20)12-10-17/h1-2,9-12,15-16H,3-8H2/b2-1+. The van der Waals surface area contributed by atoms with E-state index < -0.39 is 0 Å². The van der Waals surface area contributed by atoms with Gasteiger partial charge in [-0.25, -0.2) is 0 Å². The normalized spacial score (nSPS) is 22.3. The second kappa shape index (κ2) is 7.51. The minimum absolute atomic E-state index is 0.612. The molecule has 0 aromatic heterocycles. The van der Waals surface area contributed by atoms with Gasteiger partial charge in [-0.3, -0.25) is 0 Å². The Balaban J connectivity index is 1.74. The van der Waals surface area contributed by atoms with Crippen LogP contribution in [0.2, 0.25) is 0 Å². The Labute approximate surface area is 121 Å². The summed E-state index contributed by atoms with van der Waals surface area (Å²) in [5, 5.41) is 17.3. The molecule has 0 amide bonds. The van der Waals surface area contributed by atoms with Gasteiger partial charge < -0.3 is 0 Å². The van der Waals surface area contributed by atoms with Gasteiger partial charge in [0.1, 0.15) is 0 Å². The lowest BCUT2D eigenvalue weighted by atomic mass is 9.79. The predicted octanol–water partition coefficient (Wildman–Crippen LogP) is 4.38. The first-order valence-corrected chi connectivity index (χ1v) is 7.37. The quantitative estimate of drug-likeness (QED) is 0.758. The summed E-state index contributed by atoms with van der Waals surface area (Å²) >= 11 is 0. The molecule has 0 heterocycles. The molecule has 2 heteroatoms. The fourth-order valence-corrected chi connectivity index (χ4v) is 2.97. The molecule has 20 heavy (non-hydrogen) atoms. The minimum atomic E-state index is 0.612. The molecule has 1 saturated carbocycles. The highest BCUT2D eigenvalue weighted by Gasteiger charge is 2.19. The molecule has 0 atom stereocenters. The highest BCUT2D eigenvalue weighted by molar-refractivity contribution is 5.31. The van der Waals surface area contributed by atoms with Crippen molar-refractivity contribution in [3.05, 3.63) is 47.5 Å². The van der Waals surface area contributed by atoms with Crippen molar-refractivity contribution in [3.8, 4) is 12.1 Å². The average Bonchev–Trinajstić information content (AvgIpc) is 2.52. The molecule has 0 unspecified atom stereocenters. The maximum absolute atomic E-state index is 8.77. The van der Waals surface area contributed by atoms with E-state index in [-0.39, 0.29) is 0 Å². The number of allylic oxidation sites excluding steroid dienone is 2. The zero-order valence-corrected chi connectivity index (χ0v) is 11.8. The van der Waals surface area contributed by atoms with Crippen molar-refractivity contribution in [1.29, 1.82) is 10.5 Å². The monoisotopic (exact) mass is 264 g/mol. The summed E-state index contributed by atoms with van der Waals surface area (Å²) in [7, 11) is 0. The Morgan fingerprint density at radius 2 is 1.75 bits per heavy atom. The van der Waals surface area contributed by atoms with Crippen LogP contribution in [0.3, 0.4) is 0 Å². The van der Waals surface area contributed by atoms with Crippen LogP contribution in [0.1, 0.15) is 43.2 Å². The van der Waals surface area contributed by atoms with Crippen LogP contribution in [0.25, 0.3) is 0 Å². The predicted molar refractivity (Wildman–Crippen MR) is 79.7 cm³/mol. The molecule has 1 aromatic carbocycles. The van der Waals surface area contributed by atoms with Crippen LogP contribution in [0.5, 0.6) is 0 Å². The second-order valence-electron chi connectivity index (χ2n) is 5.62. The third-order valence-electron chi connectivity index (χ3n) is 4.26. The molecule has 0 radical (unpaired) electrons. The van der Waals surface area contributed by atoms with E-state index in [0.717, 1.165) is 17.9 Å². The van der Waals surface area contributed by atoms with Crippen LogP contribution in [-0.4, -0.2) is 0 Å². The highest BCUT2D eigenvalue weighted by Crippen LogP contribution is 2.32. The SMILES string of the molecule is N#C/C=C/C1CCC(CCc2ccc(C#N)cc2)CC1. The van der Waals surface area contributed by atoms with Gasteiger partial charge in [0, 0.05) is 6.08 Å². The molecule has 1 fully saturated rings. The van der Waals surface area contributed by atoms with E-state index in [4.69, 9.17) is 10.5 Å². The Kier molecular flexibility index (Phi) is 5.39. The van der Waals surface area contributed by atoms with Crippen molar-refractivity contribution in [2.45, 2.75) is 38.5 Å². The first-order chi connectivity index (χ1) is 9.81. The second-order valence-corrected chi connectivity index (χ2v) is 5.62. The van der Waals surface area contributed by atoms with Crippen LogP contribution < -0.4 is 0 Å². The molecule has 0 bridgehead atoms. The smallest absolute Gasteiger partial charge is 0.0991 e. The molecule has 0 aliphatic heterocycles. The molecular weight excluding hydrogens is 244 g/mol. The Morgan fingerprint density at radius 3 is 2.35 bits per heavy atom. The summed E-state index contributed by atoms with van der Waals surface area (Å²) in [5.74, 6) is 1.43. The van der Waals surface area contributed by atoms with E-state index >= 15 is 0 Å². The molecule has 1 aromatic rings. The van der Waals surface area contributed by atoms with E-state index in [1.165, 1.54) is 37.7 Å². The Morgan fingerprint density at radius 1 is 1.05 bits per heavy atom. The van der Waals surface area contributed by atoms with Gasteiger partial charge in [0.15, 0.2) is 0 Å². The number of nitrogens with zero attached hydrogens (tertiary/aromatic N) is 2. The van der Waals surface area contributed by atoms with E-state index in [9.17, 15) is 0 Å². The van der Waals surface area contributed by atoms with Gasteiger partial charge in [-0.2, -0.15) is 10.5 Å². The van der Waals surface area contributed by atoms with Gasteiger partial charge >= 0.3 is 0 Å². The molecular formula is C18H20N2. The summed E-state index contributed by atoms with van der Waals surface area (Å²) in [5.41, 5.74) is 2.06. The fraction of sp³-hybridized carbons (Fsp3) is 0.444. The van der Waals surface area contributed by atoms with Crippen LogP contribution >= 0.6 is 0 Å². The summed E-state index contributed by atoms with van der Waals surface area (Å²) in [4.78, 5) is 0. The molecule has 0 N–H and O–H groups in total. The van der Waals surface area contributed by atoms with Crippen molar-refractivity contribution < 1.29 is 0 Å². The van der Waals surface area contributed by atoms with Crippen LogP contribution in [-0.2, 0) is 6.42 Å². The van der Waals surface area contributed by atoms with Crippen LogP contribution in [0, 0.1) is 34.5 Å². The van der Waals surface area contributed by atoms with E-state index in [2.05, 4.69) is 30.3 Å². The average molecular weight is 264 g/mol. The summed E-state index contributed by atoms with van der Waals surface area (Å²) < 4.78 is 0. The van der Waals surface area contributed by atoms with Gasteiger partial charge in [0.2, 0.25) is 0 Å². The van der Waals surface area contributed by atoms with E-state index in [1.54, 1.807) is 6.08 Å². The molecule has 0 spiro atoms. The summed E-state index contributed by atoms with van der Waals surface area (Å²) in [6.45, 7) is 0. The number of hydrogen-bond acceptors (Lipinski definition) is 2. The lowest BCUT2D eigenvalue weighted by Gasteiger charge is -2.26. The molecule has 0 saturated heterocycles. The number of aryl methyl sites for hydroxylation is 1. The van der Waals surface area contributed by atoms with E-state index in [1.807, 2.05) is 12.1 Å². The zero-order chi connectivity index (χ0) is 14.2. The number of nitriles is 2. The van der Waals surface area contributed by atoms with Gasteiger partial charge in [-0.1, -0.05) is 18.2 Å². The van der Waals surface area contributed by atoms with Crippen molar-refractivity contribution >= 4 is 0 Å². The highest BCUT2D eigenvalue weighted by atomic mass is 14.3. The van der Waals surface area contributed by atoms with E-state index in [0.29, 0.717) is 5.92 Å². The molecule has 2 nitrogen and oxygen atoms in total. The maximum atomic E-state index is 8.77. The number of benzene rings is 1. The van der Waals surface area contributed by atoms with Crippen LogP contribution in [0.4, 0.5) is 0 Å². The van der Waals surface area contributed by atoms with Gasteiger partial charge in [-0.15, -0.1) is 0 Å². The zero-order valence-electron chi connectivity index (χ0n) is 11.8. The minimum Gasteiger partial charge on any atom is -0.193 e. The lowest BCUT2D eigenvalue weighted by molar-refractivity contribution is 0.296. The Bertz CT molecular complexity index is 520. The van der Waals surface area contributed by atoms with Gasteiger partial charge in [-0.05, 0) is 68.1 Å². The largest absolute Gasteiger partial charge is 0.193 e.